The lowest BCUT2D eigenvalue weighted by Crippen LogP contribution is -2.45. The normalized spacial score (nSPS) is 20.2. The van der Waals surface area contributed by atoms with Crippen LogP contribution >= 0.6 is 0 Å². The van der Waals surface area contributed by atoms with Gasteiger partial charge in [-0.25, -0.2) is 8.42 Å². The standard InChI is InChI=1S/C17H25N3O4S/c1-13(18-2)17(21)19-6-5-14-11-16(4-3-15(14)12-19)25(22,23)20-7-9-24-10-8-20/h3-4,11,13,18H,5-10,12H2,1-2H3/t13-/m0/s1. The molecule has 0 saturated carbocycles. The molecule has 8 heteroatoms. The van der Waals surface area contributed by atoms with Gasteiger partial charge >= 0.3 is 0 Å². The average Bonchev–Trinajstić information content (AvgIpc) is 2.66. The van der Waals surface area contributed by atoms with Gasteiger partial charge in [0.1, 0.15) is 0 Å². The number of fused-ring (bicyclic) bond motifs is 1. The molecule has 1 atom stereocenters. The van der Waals surface area contributed by atoms with E-state index in [0.29, 0.717) is 50.7 Å². The maximum Gasteiger partial charge on any atom is 0.243 e. The lowest BCUT2D eigenvalue weighted by atomic mass is 9.99. The van der Waals surface area contributed by atoms with Gasteiger partial charge in [-0.05, 0) is 43.7 Å². The van der Waals surface area contributed by atoms with E-state index in [1.807, 2.05) is 17.9 Å². The summed E-state index contributed by atoms with van der Waals surface area (Å²) in [6.45, 7) is 4.63. The average molecular weight is 367 g/mol. The van der Waals surface area contributed by atoms with Gasteiger partial charge < -0.3 is 15.0 Å². The first-order valence-electron chi connectivity index (χ1n) is 8.59. The van der Waals surface area contributed by atoms with Gasteiger partial charge in [0.25, 0.3) is 0 Å². The lowest BCUT2D eigenvalue weighted by Gasteiger charge is -2.31. The zero-order chi connectivity index (χ0) is 18.0. The number of amides is 1. The molecule has 2 aliphatic rings. The molecular formula is C17H25N3O4S. The van der Waals surface area contributed by atoms with Crippen molar-refractivity contribution in [2.24, 2.45) is 0 Å². The highest BCUT2D eigenvalue weighted by Crippen LogP contribution is 2.25. The number of morpholine rings is 1. The molecule has 1 amide bonds. The fourth-order valence-electron chi connectivity index (χ4n) is 3.21. The van der Waals surface area contributed by atoms with E-state index in [4.69, 9.17) is 4.74 Å². The van der Waals surface area contributed by atoms with Crippen LogP contribution in [0.15, 0.2) is 23.1 Å². The van der Waals surface area contributed by atoms with Gasteiger partial charge in [0.15, 0.2) is 0 Å². The van der Waals surface area contributed by atoms with Gasteiger partial charge in [-0.15, -0.1) is 0 Å². The van der Waals surface area contributed by atoms with Crippen molar-refractivity contribution >= 4 is 15.9 Å². The third-order valence-electron chi connectivity index (χ3n) is 4.91. The number of hydrogen-bond donors (Lipinski definition) is 1. The third kappa shape index (κ3) is 3.72. The Morgan fingerprint density at radius 3 is 2.60 bits per heavy atom. The van der Waals surface area contributed by atoms with Gasteiger partial charge in [0.05, 0.1) is 24.2 Å². The molecule has 25 heavy (non-hydrogen) atoms. The van der Waals surface area contributed by atoms with Crippen LogP contribution in [-0.2, 0) is 32.5 Å². The molecule has 1 aromatic carbocycles. The van der Waals surface area contributed by atoms with Gasteiger partial charge in [-0.2, -0.15) is 4.31 Å². The minimum atomic E-state index is -3.48. The molecule has 1 fully saturated rings. The van der Waals surface area contributed by atoms with E-state index in [9.17, 15) is 13.2 Å². The van der Waals surface area contributed by atoms with E-state index in [1.165, 1.54) is 4.31 Å². The quantitative estimate of drug-likeness (QED) is 0.823. The van der Waals surface area contributed by atoms with Crippen molar-refractivity contribution in [3.63, 3.8) is 0 Å². The van der Waals surface area contributed by atoms with Crippen LogP contribution in [-0.4, -0.2) is 69.5 Å². The SMILES string of the molecule is CN[C@@H](C)C(=O)N1CCc2cc(S(=O)(=O)N3CCOCC3)ccc2C1. The number of carbonyl (C=O) groups is 1. The zero-order valence-electron chi connectivity index (χ0n) is 14.7. The van der Waals surface area contributed by atoms with E-state index in [1.54, 1.807) is 19.2 Å². The second kappa shape index (κ2) is 7.41. The molecule has 1 aromatic rings. The van der Waals surface area contributed by atoms with Crippen LogP contribution in [0.2, 0.25) is 0 Å². The van der Waals surface area contributed by atoms with Crippen LogP contribution in [0.3, 0.4) is 0 Å². The Bertz CT molecular complexity index is 744. The Morgan fingerprint density at radius 1 is 1.20 bits per heavy atom. The molecule has 3 rings (SSSR count). The molecule has 0 aliphatic carbocycles. The summed E-state index contributed by atoms with van der Waals surface area (Å²) in [5, 5.41) is 2.97. The summed E-state index contributed by atoms with van der Waals surface area (Å²) >= 11 is 0. The van der Waals surface area contributed by atoms with Gasteiger partial charge in [-0.1, -0.05) is 6.07 Å². The minimum absolute atomic E-state index is 0.0677. The molecule has 0 aromatic heterocycles. The Balaban J connectivity index is 1.79. The topological polar surface area (TPSA) is 79.0 Å². The summed E-state index contributed by atoms with van der Waals surface area (Å²) in [4.78, 5) is 14.5. The number of hydrogen-bond acceptors (Lipinski definition) is 5. The molecule has 138 valence electrons. The van der Waals surface area contributed by atoms with E-state index in [-0.39, 0.29) is 11.9 Å². The summed E-state index contributed by atoms with van der Waals surface area (Å²) in [6.07, 6.45) is 0.671. The first kappa shape index (κ1) is 18.3. The summed E-state index contributed by atoms with van der Waals surface area (Å²) in [7, 11) is -1.71. The largest absolute Gasteiger partial charge is 0.379 e. The van der Waals surface area contributed by atoms with Crippen molar-refractivity contribution in [1.29, 1.82) is 0 Å². The van der Waals surface area contributed by atoms with Crippen LogP contribution < -0.4 is 5.32 Å². The monoisotopic (exact) mass is 367 g/mol. The van der Waals surface area contributed by atoms with Crippen LogP contribution in [0, 0.1) is 0 Å². The molecule has 2 heterocycles. The van der Waals surface area contributed by atoms with E-state index in [0.717, 1.165) is 11.1 Å². The van der Waals surface area contributed by atoms with Gasteiger partial charge in [-0.3, -0.25) is 4.79 Å². The first-order chi connectivity index (χ1) is 11.9. The highest BCUT2D eigenvalue weighted by atomic mass is 32.2. The molecule has 0 radical (unpaired) electrons. The maximum absolute atomic E-state index is 12.8. The molecule has 7 nitrogen and oxygen atoms in total. The van der Waals surface area contributed by atoms with Crippen molar-refractivity contribution in [3.8, 4) is 0 Å². The Hall–Kier alpha value is -1.48. The van der Waals surface area contributed by atoms with Crippen LogP contribution in [0.5, 0.6) is 0 Å². The molecule has 0 bridgehead atoms. The summed E-state index contributed by atoms with van der Waals surface area (Å²) in [5.41, 5.74) is 2.03. The Labute approximate surface area is 149 Å². The number of carbonyl (C=O) groups excluding carboxylic acids is 1. The predicted molar refractivity (Wildman–Crippen MR) is 93.7 cm³/mol. The number of sulfonamides is 1. The molecular weight excluding hydrogens is 342 g/mol. The molecule has 1 N–H and O–H groups in total. The second-order valence-corrected chi connectivity index (χ2v) is 8.41. The van der Waals surface area contributed by atoms with E-state index in [2.05, 4.69) is 5.32 Å². The smallest absolute Gasteiger partial charge is 0.243 e. The molecule has 2 aliphatic heterocycles. The van der Waals surface area contributed by atoms with E-state index >= 15 is 0 Å². The van der Waals surface area contributed by atoms with Crippen molar-refractivity contribution in [2.45, 2.75) is 30.8 Å². The number of nitrogens with zero attached hydrogens (tertiary/aromatic N) is 2. The van der Waals surface area contributed by atoms with E-state index < -0.39 is 10.0 Å². The number of benzene rings is 1. The second-order valence-electron chi connectivity index (χ2n) is 6.47. The number of rotatable bonds is 4. The third-order valence-corrected chi connectivity index (χ3v) is 6.81. The highest BCUT2D eigenvalue weighted by molar-refractivity contribution is 7.89. The van der Waals surface area contributed by atoms with Crippen molar-refractivity contribution in [1.82, 2.24) is 14.5 Å². The van der Waals surface area contributed by atoms with Gasteiger partial charge in [0.2, 0.25) is 15.9 Å². The number of ether oxygens (including phenoxy) is 1. The zero-order valence-corrected chi connectivity index (χ0v) is 15.5. The van der Waals surface area contributed by atoms with Crippen LogP contribution in [0.4, 0.5) is 0 Å². The Kier molecular flexibility index (Phi) is 5.43. The molecule has 0 spiro atoms. The molecule has 1 saturated heterocycles. The first-order valence-corrected chi connectivity index (χ1v) is 10.0. The fourth-order valence-corrected chi connectivity index (χ4v) is 4.67. The van der Waals surface area contributed by atoms with Crippen LogP contribution in [0.1, 0.15) is 18.1 Å². The summed E-state index contributed by atoms with van der Waals surface area (Å²) in [6, 6.07) is 5.04. The minimum Gasteiger partial charge on any atom is -0.379 e. The van der Waals surface area contributed by atoms with Gasteiger partial charge in [0, 0.05) is 26.2 Å². The lowest BCUT2D eigenvalue weighted by molar-refractivity contribution is -0.133. The van der Waals surface area contributed by atoms with Crippen molar-refractivity contribution in [2.75, 3.05) is 39.9 Å². The Morgan fingerprint density at radius 2 is 1.92 bits per heavy atom. The van der Waals surface area contributed by atoms with Crippen molar-refractivity contribution in [3.05, 3.63) is 29.3 Å². The summed E-state index contributed by atoms with van der Waals surface area (Å²) < 4.78 is 32.3. The highest BCUT2D eigenvalue weighted by Gasteiger charge is 2.29. The van der Waals surface area contributed by atoms with Crippen LogP contribution in [0.25, 0.3) is 0 Å². The maximum atomic E-state index is 12.8. The summed E-state index contributed by atoms with van der Waals surface area (Å²) in [5.74, 6) is 0.0677. The fraction of sp³-hybridized carbons (Fsp3) is 0.588. The molecule has 0 unspecified atom stereocenters. The van der Waals surface area contributed by atoms with Crippen molar-refractivity contribution < 1.29 is 17.9 Å². The number of likely N-dealkylation sites (N-methyl/N-ethyl adjacent to an activating group) is 1. The number of nitrogens with one attached hydrogen (secondary N) is 1. The predicted octanol–water partition coefficient (Wildman–Crippen LogP) is 0.200.